The normalized spacial score (nSPS) is 22.3. The summed E-state index contributed by atoms with van der Waals surface area (Å²) in [7, 11) is 0. The van der Waals surface area contributed by atoms with Crippen LogP contribution in [0.4, 0.5) is 13.2 Å². The Morgan fingerprint density at radius 1 is 1.50 bits per heavy atom. The standard InChI is InChI=1S/C11H17F3N4/c1-9-5-17(3-2-15-9)6-10-4-16-18(7-10)8-11(12,13)14/h4,7,9,15H,2-3,5-6,8H2,1H3/t9-/m0/s1. The van der Waals surface area contributed by atoms with Crippen molar-refractivity contribution in [2.75, 3.05) is 19.6 Å². The molecule has 1 aliphatic rings. The predicted molar refractivity (Wildman–Crippen MR) is 61.0 cm³/mol. The second-order valence-electron chi connectivity index (χ2n) is 4.75. The van der Waals surface area contributed by atoms with Crippen molar-refractivity contribution in [3.05, 3.63) is 18.0 Å². The van der Waals surface area contributed by atoms with Crippen molar-refractivity contribution < 1.29 is 13.2 Å². The smallest absolute Gasteiger partial charge is 0.312 e. The third-order valence-electron chi connectivity index (χ3n) is 2.89. The fourth-order valence-electron chi connectivity index (χ4n) is 2.17. The van der Waals surface area contributed by atoms with E-state index in [-0.39, 0.29) is 0 Å². The minimum absolute atomic E-state index is 0.420. The molecule has 0 bridgehead atoms. The molecule has 1 aromatic rings. The summed E-state index contributed by atoms with van der Waals surface area (Å²) in [5, 5.41) is 7.06. The summed E-state index contributed by atoms with van der Waals surface area (Å²) in [6.07, 6.45) is -1.23. The Morgan fingerprint density at radius 2 is 2.28 bits per heavy atom. The van der Waals surface area contributed by atoms with E-state index in [2.05, 4.69) is 22.2 Å². The number of rotatable bonds is 3. The molecule has 18 heavy (non-hydrogen) atoms. The number of hydrogen-bond acceptors (Lipinski definition) is 3. The number of aromatic nitrogens is 2. The maximum absolute atomic E-state index is 12.2. The van der Waals surface area contributed by atoms with E-state index >= 15 is 0 Å². The predicted octanol–water partition coefficient (Wildman–Crippen LogP) is 1.24. The molecule has 0 radical (unpaired) electrons. The van der Waals surface area contributed by atoms with Gasteiger partial charge in [0.25, 0.3) is 0 Å². The van der Waals surface area contributed by atoms with Crippen molar-refractivity contribution in [3.8, 4) is 0 Å². The van der Waals surface area contributed by atoms with E-state index in [1.807, 2.05) is 0 Å². The van der Waals surface area contributed by atoms with Crippen molar-refractivity contribution in [2.45, 2.75) is 32.2 Å². The maximum Gasteiger partial charge on any atom is 0.408 e. The Balaban J connectivity index is 1.90. The third-order valence-corrected chi connectivity index (χ3v) is 2.89. The van der Waals surface area contributed by atoms with E-state index in [9.17, 15) is 13.2 Å². The molecular weight excluding hydrogens is 245 g/mol. The topological polar surface area (TPSA) is 33.1 Å². The monoisotopic (exact) mass is 262 g/mol. The van der Waals surface area contributed by atoms with Gasteiger partial charge in [0.1, 0.15) is 6.54 Å². The number of alkyl halides is 3. The van der Waals surface area contributed by atoms with Gasteiger partial charge in [-0.05, 0) is 6.92 Å². The van der Waals surface area contributed by atoms with Crippen LogP contribution < -0.4 is 5.32 Å². The first-order valence-electron chi connectivity index (χ1n) is 5.96. The van der Waals surface area contributed by atoms with Gasteiger partial charge in [-0.15, -0.1) is 0 Å². The second-order valence-corrected chi connectivity index (χ2v) is 4.75. The van der Waals surface area contributed by atoms with Gasteiger partial charge in [0.15, 0.2) is 0 Å². The molecule has 0 aromatic carbocycles. The van der Waals surface area contributed by atoms with Crippen molar-refractivity contribution in [3.63, 3.8) is 0 Å². The fourth-order valence-corrected chi connectivity index (χ4v) is 2.17. The molecule has 1 aliphatic heterocycles. The Kier molecular flexibility index (Phi) is 3.91. The zero-order valence-electron chi connectivity index (χ0n) is 10.2. The fraction of sp³-hybridized carbons (Fsp3) is 0.727. The molecule has 0 unspecified atom stereocenters. The lowest BCUT2D eigenvalue weighted by atomic mass is 10.2. The van der Waals surface area contributed by atoms with Gasteiger partial charge in [-0.25, -0.2) is 0 Å². The van der Waals surface area contributed by atoms with E-state index in [4.69, 9.17) is 0 Å². The van der Waals surface area contributed by atoms with Crippen LogP contribution in [-0.2, 0) is 13.1 Å². The van der Waals surface area contributed by atoms with Gasteiger partial charge in [0.05, 0.1) is 6.20 Å². The van der Waals surface area contributed by atoms with E-state index in [0.717, 1.165) is 29.9 Å². The van der Waals surface area contributed by atoms with Crippen LogP contribution in [0.5, 0.6) is 0 Å². The summed E-state index contributed by atoms with van der Waals surface area (Å²) < 4.78 is 37.5. The van der Waals surface area contributed by atoms with Crippen LogP contribution in [0.25, 0.3) is 0 Å². The van der Waals surface area contributed by atoms with Crippen LogP contribution in [0.1, 0.15) is 12.5 Å². The van der Waals surface area contributed by atoms with Crippen LogP contribution >= 0.6 is 0 Å². The minimum Gasteiger partial charge on any atom is -0.312 e. The van der Waals surface area contributed by atoms with Crippen LogP contribution in [0, 0.1) is 0 Å². The molecule has 0 spiro atoms. The Hall–Kier alpha value is -1.08. The van der Waals surface area contributed by atoms with E-state index in [0.29, 0.717) is 12.6 Å². The molecule has 2 rings (SSSR count). The lowest BCUT2D eigenvalue weighted by Crippen LogP contribution is -2.48. The average molecular weight is 262 g/mol. The summed E-state index contributed by atoms with van der Waals surface area (Å²) in [5.41, 5.74) is 0.827. The summed E-state index contributed by atoms with van der Waals surface area (Å²) in [5.74, 6) is 0. The molecular formula is C11H17F3N4. The molecule has 7 heteroatoms. The number of hydrogen-bond donors (Lipinski definition) is 1. The highest BCUT2D eigenvalue weighted by atomic mass is 19.4. The molecule has 102 valence electrons. The summed E-state index contributed by atoms with van der Waals surface area (Å²) in [6, 6.07) is 0.420. The van der Waals surface area contributed by atoms with Crippen molar-refractivity contribution in [1.82, 2.24) is 20.0 Å². The van der Waals surface area contributed by atoms with Crippen LogP contribution in [0.2, 0.25) is 0 Å². The average Bonchev–Trinajstić information content (AvgIpc) is 2.62. The molecule has 1 saturated heterocycles. The minimum atomic E-state index is -4.22. The molecule has 2 heterocycles. The van der Waals surface area contributed by atoms with Crippen molar-refractivity contribution >= 4 is 0 Å². The van der Waals surface area contributed by atoms with Gasteiger partial charge in [-0.1, -0.05) is 0 Å². The van der Waals surface area contributed by atoms with E-state index in [1.54, 1.807) is 0 Å². The first-order valence-corrected chi connectivity index (χ1v) is 5.96. The lowest BCUT2D eigenvalue weighted by molar-refractivity contribution is -0.142. The number of halogens is 3. The summed E-state index contributed by atoms with van der Waals surface area (Å²) >= 11 is 0. The quantitative estimate of drug-likeness (QED) is 0.889. The van der Waals surface area contributed by atoms with Crippen LogP contribution in [0.15, 0.2) is 12.4 Å². The highest BCUT2D eigenvalue weighted by Gasteiger charge is 2.28. The van der Waals surface area contributed by atoms with Gasteiger partial charge in [0, 0.05) is 44.0 Å². The SMILES string of the molecule is C[C@H]1CN(Cc2cnn(CC(F)(F)F)c2)CCN1. The Labute approximate surface area is 104 Å². The molecule has 0 saturated carbocycles. The Morgan fingerprint density at radius 3 is 2.94 bits per heavy atom. The van der Waals surface area contributed by atoms with Crippen LogP contribution in [0.3, 0.4) is 0 Å². The summed E-state index contributed by atoms with van der Waals surface area (Å²) in [6.45, 7) is 4.46. The van der Waals surface area contributed by atoms with Crippen LogP contribution in [-0.4, -0.2) is 46.5 Å². The number of nitrogens with one attached hydrogen (secondary N) is 1. The van der Waals surface area contributed by atoms with E-state index < -0.39 is 12.7 Å². The number of piperazine rings is 1. The van der Waals surface area contributed by atoms with Crippen molar-refractivity contribution in [1.29, 1.82) is 0 Å². The molecule has 0 aliphatic carbocycles. The second kappa shape index (κ2) is 5.27. The van der Waals surface area contributed by atoms with E-state index in [1.165, 1.54) is 12.4 Å². The molecule has 1 atom stereocenters. The zero-order valence-corrected chi connectivity index (χ0v) is 10.2. The summed E-state index contributed by atoms with van der Waals surface area (Å²) in [4.78, 5) is 2.22. The third kappa shape index (κ3) is 3.99. The highest BCUT2D eigenvalue weighted by molar-refractivity contribution is 5.04. The molecule has 1 N–H and O–H groups in total. The first kappa shape index (κ1) is 13.4. The first-order chi connectivity index (χ1) is 8.42. The molecule has 1 aromatic heterocycles. The maximum atomic E-state index is 12.2. The molecule has 4 nitrogen and oxygen atoms in total. The van der Waals surface area contributed by atoms with Gasteiger partial charge >= 0.3 is 6.18 Å². The van der Waals surface area contributed by atoms with Gasteiger partial charge in [0.2, 0.25) is 0 Å². The zero-order chi connectivity index (χ0) is 13.2. The Bertz CT molecular complexity index is 388. The number of nitrogens with zero attached hydrogens (tertiary/aromatic N) is 3. The van der Waals surface area contributed by atoms with Gasteiger partial charge < -0.3 is 5.32 Å². The molecule has 1 fully saturated rings. The lowest BCUT2D eigenvalue weighted by Gasteiger charge is -2.31. The molecule has 0 amide bonds. The van der Waals surface area contributed by atoms with Crippen molar-refractivity contribution in [2.24, 2.45) is 0 Å². The van der Waals surface area contributed by atoms with Gasteiger partial charge in [-0.3, -0.25) is 9.58 Å². The largest absolute Gasteiger partial charge is 0.408 e. The highest BCUT2D eigenvalue weighted by Crippen LogP contribution is 2.17. The van der Waals surface area contributed by atoms with Gasteiger partial charge in [-0.2, -0.15) is 18.3 Å².